The molecule has 0 aromatic heterocycles. The highest BCUT2D eigenvalue weighted by atomic mass is 35.5. The molecule has 0 fully saturated rings. The molecule has 1 aliphatic rings. The summed E-state index contributed by atoms with van der Waals surface area (Å²) in [5.74, 6) is 1.61. The van der Waals surface area contributed by atoms with Crippen LogP contribution in [-0.2, 0) is 0 Å². The van der Waals surface area contributed by atoms with Crippen molar-refractivity contribution in [3.05, 3.63) is 64.2 Å². The molecule has 4 heteroatoms. The van der Waals surface area contributed by atoms with Gasteiger partial charge in [0.05, 0.1) is 0 Å². The van der Waals surface area contributed by atoms with Gasteiger partial charge in [-0.15, -0.1) is 0 Å². The van der Waals surface area contributed by atoms with Gasteiger partial charge in [0.1, 0.15) is 11.5 Å². The van der Waals surface area contributed by atoms with Gasteiger partial charge in [0.2, 0.25) is 6.79 Å². The van der Waals surface area contributed by atoms with Gasteiger partial charge in [0, 0.05) is 22.7 Å². The fraction of sp³-hybridized carbons (Fsp3) is 0.300. The van der Waals surface area contributed by atoms with Crippen molar-refractivity contribution in [1.29, 1.82) is 0 Å². The molecule has 24 heavy (non-hydrogen) atoms. The van der Waals surface area contributed by atoms with Gasteiger partial charge in [-0.25, -0.2) is 0 Å². The number of nitrogens with zero attached hydrogens (tertiary/aromatic N) is 1. The van der Waals surface area contributed by atoms with Gasteiger partial charge < -0.3 is 14.4 Å². The van der Waals surface area contributed by atoms with Crippen LogP contribution in [0.25, 0.3) is 5.57 Å². The van der Waals surface area contributed by atoms with E-state index in [0.717, 1.165) is 35.6 Å². The lowest BCUT2D eigenvalue weighted by molar-refractivity contribution is 0.118. The summed E-state index contributed by atoms with van der Waals surface area (Å²) in [5.41, 5.74) is 4.62. The first-order valence-electron chi connectivity index (χ1n) is 8.05. The van der Waals surface area contributed by atoms with E-state index in [2.05, 4.69) is 32.0 Å². The van der Waals surface area contributed by atoms with Crippen molar-refractivity contribution in [2.45, 2.75) is 13.3 Å². The van der Waals surface area contributed by atoms with E-state index in [-0.39, 0.29) is 6.79 Å². The number of hydrogen-bond donors (Lipinski definition) is 0. The first-order chi connectivity index (χ1) is 11.6. The second kappa shape index (κ2) is 7.29. The minimum absolute atomic E-state index is 0.175. The zero-order valence-corrected chi connectivity index (χ0v) is 15.1. The van der Waals surface area contributed by atoms with Gasteiger partial charge in [-0.3, -0.25) is 0 Å². The highest BCUT2D eigenvalue weighted by Crippen LogP contribution is 2.41. The minimum Gasteiger partial charge on any atom is -0.457 e. The van der Waals surface area contributed by atoms with Crippen LogP contribution in [0.5, 0.6) is 11.5 Å². The van der Waals surface area contributed by atoms with E-state index >= 15 is 0 Å². The van der Waals surface area contributed by atoms with Crippen LogP contribution in [0.3, 0.4) is 0 Å². The lowest BCUT2D eigenvalue weighted by atomic mass is 9.90. The van der Waals surface area contributed by atoms with Crippen molar-refractivity contribution >= 4 is 17.2 Å². The molecule has 1 heterocycles. The second-order valence-electron chi connectivity index (χ2n) is 6.25. The van der Waals surface area contributed by atoms with E-state index in [1.54, 1.807) is 0 Å². The maximum atomic E-state index is 6.16. The number of rotatable bonds is 3. The van der Waals surface area contributed by atoms with Crippen LogP contribution in [0.1, 0.15) is 24.5 Å². The summed E-state index contributed by atoms with van der Waals surface area (Å²) in [4.78, 5) is 2.19. The van der Waals surface area contributed by atoms with Crippen molar-refractivity contribution in [2.75, 3.05) is 27.4 Å². The highest BCUT2D eigenvalue weighted by Gasteiger charge is 2.20. The molecule has 0 unspecified atom stereocenters. The molecular formula is C20H22ClNO2. The van der Waals surface area contributed by atoms with Gasteiger partial charge >= 0.3 is 0 Å². The zero-order chi connectivity index (χ0) is 17.1. The first-order valence-corrected chi connectivity index (χ1v) is 8.43. The Balaban J connectivity index is 2.18. The Morgan fingerprint density at radius 3 is 2.54 bits per heavy atom. The fourth-order valence-corrected chi connectivity index (χ4v) is 3.06. The van der Waals surface area contributed by atoms with Crippen LogP contribution >= 0.6 is 11.6 Å². The summed E-state index contributed by atoms with van der Waals surface area (Å²) < 4.78 is 11.6. The first kappa shape index (κ1) is 16.9. The van der Waals surface area contributed by atoms with Crippen molar-refractivity contribution in [2.24, 2.45) is 0 Å². The molecule has 126 valence electrons. The minimum atomic E-state index is 0.175. The van der Waals surface area contributed by atoms with E-state index in [9.17, 15) is 0 Å². The van der Waals surface area contributed by atoms with Crippen molar-refractivity contribution in [3.63, 3.8) is 0 Å². The molecule has 0 atom stereocenters. The Hall–Kier alpha value is -1.97. The van der Waals surface area contributed by atoms with E-state index < -0.39 is 0 Å². The summed E-state index contributed by atoms with van der Waals surface area (Å²) in [7, 11) is 4.17. The maximum absolute atomic E-state index is 6.16. The number of fused-ring (bicyclic) bond motifs is 2. The van der Waals surface area contributed by atoms with Crippen LogP contribution in [0.15, 0.2) is 48.0 Å². The molecule has 1 aliphatic heterocycles. The van der Waals surface area contributed by atoms with Gasteiger partial charge in [0.15, 0.2) is 0 Å². The summed E-state index contributed by atoms with van der Waals surface area (Å²) in [6.45, 7) is 3.34. The Labute approximate surface area is 148 Å². The third-order valence-electron chi connectivity index (χ3n) is 4.16. The van der Waals surface area contributed by atoms with E-state index in [4.69, 9.17) is 21.1 Å². The predicted octanol–water partition coefficient (Wildman–Crippen LogP) is 4.84. The monoisotopic (exact) mass is 343 g/mol. The smallest absolute Gasteiger partial charge is 0.230 e. The Bertz CT molecular complexity index is 768. The molecule has 2 aromatic carbocycles. The van der Waals surface area contributed by atoms with Crippen molar-refractivity contribution in [1.82, 2.24) is 4.90 Å². The summed E-state index contributed by atoms with van der Waals surface area (Å²) in [6.07, 6.45) is 0.971. The molecule has 3 rings (SSSR count). The summed E-state index contributed by atoms with van der Waals surface area (Å²) in [6, 6.07) is 13.9. The normalized spacial score (nSPS) is 15.5. The molecule has 0 radical (unpaired) electrons. The average Bonchev–Trinajstić information content (AvgIpc) is 2.54. The van der Waals surface area contributed by atoms with Gasteiger partial charge in [-0.2, -0.15) is 0 Å². The van der Waals surface area contributed by atoms with Crippen molar-refractivity contribution < 1.29 is 9.47 Å². The maximum Gasteiger partial charge on any atom is 0.230 e. The molecule has 0 N–H and O–H groups in total. The van der Waals surface area contributed by atoms with E-state index in [1.807, 2.05) is 36.4 Å². The topological polar surface area (TPSA) is 21.7 Å². The molecular weight excluding hydrogens is 322 g/mol. The lowest BCUT2D eigenvalue weighted by Gasteiger charge is -2.23. The molecule has 0 amide bonds. The molecule has 3 nitrogen and oxygen atoms in total. The molecule has 2 aromatic rings. The van der Waals surface area contributed by atoms with Crippen LogP contribution in [0, 0.1) is 0 Å². The van der Waals surface area contributed by atoms with E-state index in [1.165, 1.54) is 11.1 Å². The molecule has 0 saturated carbocycles. The Morgan fingerprint density at radius 2 is 1.75 bits per heavy atom. The SMILES string of the molecule is CC(CCN(C)C)=C1c2ccccc2OCOc2cc(Cl)ccc21. The van der Waals surface area contributed by atoms with Gasteiger partial charge in [-0.05, 0) is 57.3 Å². The standard InChI is InChI=1S/C20H22ClNO2/c1-14(10-11-22(2)3)20-16-6-4-5-7-18(16)23-13-24-19-12-15(21)8-9-17(19)20/h4-9,12H,10-11,13H2,1-3H3. The number of hydrogen-bond acceptors (Lipinski definition) is 3. The fourth-order valence-electron chi connectivity index (χ4n) is 2.90. The van der Waals surface area contributed by atoms with Crippen LogP contribution < -0.4 is 9.47 Å². The number of halogens is 1. The third-order valence-corrected chi connectivity index (χ3v) is 4.39. The summed E-state index contributed by atoms with van der Waals surface area (Å²) in [5, 5.41) is 0.660. The molecule has 0 bridgehead atoms. The second-order valence-corrected chi connectivity index (χ2v) is 6.69. The van der Waals surface area contributed by atoms with Crippen LogP contribution in [0.2, 0.25) is 5.02 Å². The van der Waals surface area contributed by atoms with Crippen molar-refractivity contribution in [3.8, 4) is 11.5 Å². The largest absolute Gasteiger partial charge is 0.457 e. The quantitative estimate of drug-likeness (QED) is 0.795. The number of para-hydroxylation sites is 1. The Morgan fingerprint density at radius 1 is 1.04 bits per heavy atom. The van der Waals surface area contributed by atoms with Gasteiger partial charge in [0.25, 0.3) is 0 Å². The molecule has 0 spiro atoms. The number of benzene rings is 2. The third kappa shape index (κ3) is 3.58. The number of ether oxygens (including phenoxy) is 2. The zero-order valence-electron chi connectivity index (χ0n) is 14.3. The highest BCUT2D eigenvalue weighted by molar-refractivity contribution is 6.30. The summed E-state index contributed by atoms with van der Waals surface area (Å²) >= 11 is 6.16. The van der Waals surface area contributed by atoms with Crippen LogP contribution in [-0.4, -0.2) is 32.3 Å². The van der Waals surface area contributed by atoms with Crippen LogP contribution in [0.4, 0.5) is 0 Å². The molecule has 0 saturated heterocycles. The van der Waals surface area contributed by atoms with E-state index in [0.29, 0.717) is 5.02 Å². The van der Waals surface area contributed by atoms with Gasteiger partial charge in [-0.1, -0.05) is 35.4 Å². The average molecular weight is 344 g/mol. The molecule has 0 aliphatic carbocycles. The Kier molecular flexibility index (Phi) is 5.12. The predicted molar refractivity (Wildman–Crippen MR) is 98.9 cm³/mol. The lowest BCUT2D eigenvalue weighted by Crippen LogP contribution is -2.15.